The molecule has 1 saturated carbocycles. The summed E-state index contributed by atoms with van der Waals surface area (Å²) in [6, 6.07) is 8.19. The van der Waals surface area contributed by atoms with Crippen LogP contribution in [0.3, 0.4) is 0 Å². The van der Waals surface area contributed by atoms with Crippen molar-refractivity contribution in [2.24, 2.45) is 0 Å². The zero-order valence-electron chi connectivity index (χ0n) is 14.0. The summed E-state index contributed by atoms with van der Waals surface area (Å²) in [5.41, 5.74) is 3.10. The Morgan fingerprint density at radius 1 is 1.38 bits per heavy atom. The Morgan fingerprint density at radius 3 is 3.04 bits per heavy atom. The minimum Gasteiger partial charge on any atom is -0.494 e. The van der Waals surface area contributed by atoms with Gasteiger partial charge in [0, 0.05) is 32.0 Å². The van der Waals surface area contributed by atoms with E-state index >= 15 is 0 Å². The molecular weight excluding hydrogens is 302 g/mol. The highest BCUT2D eigenvalue weighted by molar-refractivity contribution is 5.29. The predicted molar refractivity (Wildman–Crippen MR) is 92.3 cm³/mol. The Morgan fingerprint density at radius 2 is 2.25 bits per heavy atom. The minimum absolute atomic E-state index is 0.0506. The van der Waals surface area contributed by atoms with Crippen molar-refractivity contribution in [1.82, 2.24) is 14.9 Å². The van der Waals surface area contributed by atoms with E-state index in [4.69, 9.17) is 9.72 Å². The summed E-state index contributed by atoms with van der Waals surface area (Å²) < 4.78 is 5.57. The van der Waals surface area contributed by atoms with Crippen LogP contribution in [0.2, 0.25) is 0 Å². The van der Waals surface area contributed by atoms with Gasteiger partial charge < -0.3 is 9.72 Å². The van der Waals surface area contributed by atoms with Crippen molar-refractivity contribution in [2.45, 2.75) is 45.2 Å². The summed E-state index contributed by atoms with van der Waals surface area (Å²) in [6.45, 7) is 5.09. The first kappa shape index (κ1) is 15.4. The lowest BCUT2D eigenvalue weighted by molar-refractivity contribution is 0.241. The van der Waals surface area contributed by atoms with E-state index in [1.807, 2.05) is 19.1 Å². The highest BCUT2D eigenvalue weighted by Crippen LogP contribution is 2.37. The Balaban J connectivity index is 1.50. The molecule has 1 N–H and O–H groups in total. The second-order valence-corrected chi connectivity index (χ2v) is 6.69. The quantitative estimate of drug-likeness (QED) is 0.918. The fourth-order valence-electron chi connectivity index (χ4n) is 3.34. The van der Waals surface area contributed by atoms with Crippen molar-refractivity contribution >= 4 is 0 Å². The lowest BCUT2D eigenvalue weighted by Gasteiger charge is -2.27. The highest BCUT2D eigenvalue weighted by Gasteiger charge is 2.29. The van der Waals surface area contributed by atoms with Gasteiger partial charge in [-0.15, -0.1) is 0 Å². The van der Waals surface area contributed by atoms with E-state index in [0.717, 1.165) is 55.2 Å². The van der Waals surface area contributed by atoms with E-state index in [-0.39, 0.29) is 5.56 Å². The van der Waals surface area contributed by atoms with Crippen LogP contribution < -0.4 is 10.3 Å². The molecule has 0 bridgehead atoms. The number of rotatable bonds is 5. The van der Waals surface area contributed by atoms with Crippen molar-refractivity contribution in [3.63, 3.8) is 0 Å². The lowest BCUT2D eigenvalue weighted by Crippen LogP contribution is -2.35. The number of H-pyrrole nitrogens is 1. The molecule has 126 valence electrons. The number of hydrogen-bond donors (Lipinski definition) is 1. The van der Waals surface area contributed by atoms with Gasteiger partial charge in [-0.05, 0) is 37.5 Å². The Kier molecular flexibility index (Phi) is 4.10. The third-order valence-corrected chi connectivity index (χ3v) is 4.75. The smallest absolute Gasteiger partial charge is 0.255 e. The number of hydrogen-bond acceptors (Lipinski definition) is 4. The Labute approximate surface area is 141 Å². The fourth-order valence-corrected chi connectivity index (χ4v) is 3.34. The summed E-state index contributed by atoms with van der Waals surface area (Å²) in [6.07, 6.45) is 3.16. The van der Waals surface area contributed by atoms with Crippen molar-refractivity contribution in [3.8, 4) is 5.75 Å². The third-order valence-electron chi connectivity index (χ3n) is 4.75. The van der Waals surface area contributed by atoms with Crippen LogP contribution in [-0.2, 0) is 19.5 Å². The van der Waals surface area contributed by atoms with E-state index < -0.39 is 0 Å². The molecule has 0 saturated heterocycles. The largest absolute Gasteiger partial charge is 0.494 e. The monoisotopic (exact) mass is 325 g/mol. The van der Waals surface area contributed by atoms with Crippen LogP contribution in [0.15, 0.2) is 29.1 Å². The molecule has 24 heavy (non-hydrogen) atoms. The van der Waals surface area contributed by atoms with Gasteiger partial charge in [-0.3, -0.25) is 9.69 Å². The molecule has 0 radical (unpaired) electrons. The van der Waals surface area contributed by atoms with Crippen LogP contribution in [0.1, 0.15) is 48.3 Å². The van der Waals surface area contributed by atoms with Crippen LogP contribution in [0, 0.1) is 0 Å². The topological polar surface area (TPSA) is 58.2 Å². The van der Waals surface area contributed by atoms with E-state index in [9.17, 15) is 4.79 Å². The zero-order chi connectivity index (χ0) is 16.5. The summed E-state index contributed by atoms with van der Waals surface area (Å²) in [5, 5.41) is 0. The average molecular weight is 325 g/mol. The Bertz CT molecular complexity index is 795. The summed E-state index contributed by atoms with van der Waals surface area (Å²) in [5.74, 6) is 2.29. The number of benzene rings is 1. The molecule has 2 aromatic rings. The van der Waals surface area contributed by atoms with Gasteiger partial charge in [0.1, 0.15) is 11.6 Å². The predicted octanol–water partition coefficient (Wildman–Crippen LogP) is 2.60. The Hall–Kier alpha value is -2.14. The second-order valence-electron chi connectivity index (χ2n) is 6.69. The number of fused-ring (bicyclic) bond motifs is 1. The molecule has 1 aliphatic heterocycles. The van der Waals surface area contributed by atoms with Crippen LogP contribution in [0.4, 0.5) is 0 Å². The van der Waals surface area contributed by atoms with Gasteiger partial charge in [-0.2, -0.15) is 0 Å². The standard InChI is InChI=1S/C19H23N3O2/c1-2-24-15-5-3-4-13(10-15)11-22-9-8-17-16(12-22)19(23)21-18(20-17)14-6-7-14/h3-5,10,14H,2,6-9,11-12H2,1H3,(H,20,21,23). The molecule has 4 rings (SSSR count). The number of ether oxygens (including phenoxy) is 1. The van der Waals surface area contributed by atoms with E-state index in [0.29, 0.717) is 19.1 Å². The summed E-state index contributed by atoms with van der Waals surface area (Å²) >= 11 is 0. The second kappa shape index (κ2) is 6.40. The average Bonchev–Trinajstić information content (AvgIpc) is 3.41. The molecular formula is C19H23N3O2. The first-order valence-electron chi connectivity index (χ1n) is 8.79. The molecule has 1 aliphatic carbocycles. The van der Waals surface area contributed by atoms with Crippen LogP contribution in [0.5, 0.6) is 5.75 Å². The van der Waals surface area contributed by atoms with Gasteiger partial charge in [0.25, 0.3) is 5.56 Å². The minimum atomic E-state index is 0.0506. The molecule has 2 heterocycles. The normalized spacial score (nSPS) is 17.5. The van der Waals surface area contributed by atoms with E-state index in [2.05, 4.69) is 22.0 Å². The highest BCUT2D eigenvalue weighted by atomic mass is 16.5. The van der Waals surface area contributed by atoms with Crippen molar-refractivity contribution in [2.75, 3.05) is 13.2 Å². The zero-order valence-corrected chi connectivity index (χ0v) is 14.0. The maximum Gasteiger partial charge on any atom is 0.255 e. The lowest BCUT2D eigenvalue weighted by atomic mass is 10.1. The number of nitrogens with one attached hydrogen (secondary N) is 1. The first-order valence-corrected chi connectivity index (χ1v) is 8.79. The van der Waals surface area contributed by atoms with Gasteiger partial charge in [-0.1, -0.05) is 12.1 Å². The van der Waals surface area contributed by atoms with Gasteiger partial charge in [0.15, 0.2) is 0 Å². The van der Waals surface area contributed by atoms with Crippen LogP contribution in [0.25, 0.3) is 0 Å². The molecule has 2 aliphatic rings. The molecule has 1 fully saturated rings. The van der Waals surface area contributed by atoms with E-state index in [1.165, 1.54) is 5.56 Å². The number of aromatic nitrogens is 2. The summed E-state index contributed by atoms with van der Waals surface area (Å²) in [7, 11) is 0. The van der Waals surface area contributed by atoms with E-state index in [1.54, 1.807) is 0 Å². The molecule has 5 heteroatoms. The fraction of sp³-hybridized carbons (Fsp3) is 0.474. The van der Waals surface area contributed by atoms with Crippen molar-refractivity contribution in [3.05, 3.63) is 57.3 Å². The molecule has 1 aromatic carbocycles. The van der Waals surface area contributed by atoms with Gasteiger partial charge >= 0.3 is 0 Å². The molecule has 0 amide bonds. The maximum atomic E-state index is 12.4. The molecule has 0 spiro atoms. The SMILES string of the molecule is CCOc1cccc(CN2CCc3nc(C4CC4)[nH]c(=O)c3C2)c1. The van der Waals surface area contributed by atoms with Crippen molar-refractivity contribution < 1.29 is 4.74 Å². The maximum absolute atomic E-state index is 12.4. The first-order chi connectivity index (χ1) is 11.7. The number of nitrogens with zero attached hydrogens (tertiary/aromatic N) is 2. The van der Waals surface area contributed by atoms with Crippen molar-refractivity contribution in [1.29, 1.82) is 0 Å². The molecule has 0 unspecified atom stereocenters. The molecule has 0 atom stereocenters. The van der Waals surface area contributed by atoms with Gasteiger partial charge in [0.2, 0.25) is 0 Å². The van der Waals surface area contributed by atoms with Crippen LogP contribution in [-0.4, -0.2) is 28.0 Å². The van der Waals surface area contributed by atoms with Gasteiger partial charge in [0.05, 0.1) is 17.9 Å². The molecule has 1 aromatic heterocycles. The van der Waals surface area contributed by atoms with Crippen LogP contribution >= 0.6 is 0 Å². The van der Waals surface area contributed by atoms with Gasteiger partial charge in [-0.25, -0.2) is 4.98 Å². The molecule has 5 nitrogen and oxygen atoms in total. The summed E-state index contributed by atoms with van der Waals surface area (Å²) in [4.78, 5) is 22.4. The third kappa shape index (κ3) is 3.22. The number of aromatic amines is 1.